The molecule has 0 aliphatic carbocycles. The van der Waals surface area contributed by atoms with Crippen LogP contribution in [-0.2, 0) is 11.8 Å². The molecule has 3 saturated heterocycles. The van der Waals surface area contributed by atoms with Crippen molar-refractivity contribution in [3.63, 3.8) is 0 Å². The summed E-state index contributed by atoms with van der Waals surface area (Å²) in [5.74, 6) is -3.11. The average molecular weight is 613 g/mol. The number of imidazole rings is 1. The highest BCUT2D eigenvalue weighted by molar-refractivity contribution is 6.34. The van der Waals surface area contributed by atoms with Crippen LogP contribution in [0, 0.1) is 28.9 Å². The lowest BCUT2D eigenvalue weighted by molar-refractivity contribution is -0.139. The molecule has 4 heterocycles. The summed E-state index contributed by atoms with van der Waals surface area (Å²) < 4.78 is 35.0. The molecule has 10 nitrogen and oxygen atoms in total. The SMILES string of the molecule is COc1ccc(-c2cnc(C(=O)Nc3ccc(C(=O)N4CC(C(=O)N5C[C@H]6CNC[C@@]6(C)C5)C4)c(Cl)c3)n2C)c(F)c1F. The van der Waals surface area contributed by atoms with Crippen LogP contribution < -0.4 is 15.4 Å². The first-order chi connectivity index (χ1) is 20.5. The van der Waals surface area contributed by atoms with Crippen LogP contribution in [0.1, 0.15) is 27.9 Å². The van der Waals surface area contributed by atoms with Gasteiger partial charge in [-0.25, -0.2) is 9.37 Å². The van der Waals surface area contributed by atoms with E-state index in [-0.39, 0.29) is 56.6 Å². The Bertz CT molecular complexity index is 1640. The van der Waals surface area contributed by atoms with Crippen molar-refractivity contribution in [2.75, 3.05) is 51.7 Å². The van der Waals surface area contributed by atoms with Crippen LogP contribution >= 0.6 is 11.6 Å². The zero-order valence-corrected chi connectivity index (χ0v) is 24.7. The van der Waals surface area contributed by atoms with Crippen LogP contribution in [0.25, 0.3) is 11.3 Å². The summed E-state index contributed by atoms with van der Waals surface area (Å²) in [4.78, 5) is 46.8. The Morgan fingerprint density at radius 1 is 1.12 bits per heavy atom. The number of nitrogens with one attached hydrogen (secondary N) is 2. The van der Waals surface area contributed by atoms with Crippen molar-refractivity contribution < 1.29 is 27.9 Å². The number of carbonyl (C=O) groups excluding carboxylic acids is 3. The maximum Gasteiger partial charge on any atom is 0.291 e. The van der Waals surface area contributed by atoms with E-state index in [0.29, 0.717) is 24.7 Å². The molecule has 3 aliphatic heterocycles. The van der Waals surface area contributed by atoms with Crippen molar-refractivity contribution in [3.05, 3.63) is 64.6 Å². The van der Waals surface area contributed by atoms with Gasteiger partial charge in [0, 0.05) is 63.0 Å². The highest BCUT2D eigenvalue weighted by atomic mass is 35.5. The van der Waals surface area contributed by atoms with Crippen LogP contribution in [0.3, 0.4) is 0 Å². The van der Waals surface area contributed by atoms with Crippen LogP contribution in [0.5, 0.6) is 5.75 Å². The quantitative estimate of drug-likeness (QED) is 0.442. The molecule has 3 amide bonds. The number of nitrogens with zero attached hydrogens (tertiary/aromatic N) is 4. The molecule has 13 heteroatoms. The molecular formula is C30H31ClF2N6O4. The molecule has 0 bridgehead atoms. The van der Waals surface area contributed by atoms with E-state index in [2.05, 4.69) is 22.5 Å². The lowest BCUT2D eigenvalue weighted by Crippen LogP contribution is -2.56. The molecule has 2 aromatic carbocycles. The number of hydrogen-bond donors (Lipinski definition) is 2. The number of rotatable bonds is 6. The topological polar surface area (TPSA) is 109 Å². The fraction of sp³-hybridized carbons (Fsp3) is 0.400. The van der Waals surface area contributed by atoms with Gasteiger partial charge in [-0.2, -0.15) is 4.39 Å². The number of anilines is 1. The minimum atomic E-state index is -1.14. The van der Waals surface area contributed by atoms with E-state index >= 15 is 0 Å². The number of likely N-dealkylation sites (tertiary alicyclic amines) is 2. The van der Waals surface area contributed by atoms with Crippen LogP contribution in [0.15, 0.2) is 36.5 Å². The summed E-state index contributed by atoms with van der Waals surface area (Å²) in [6.45, 7) is 6.23. The Morgan fingerprint density at radius 3 is 2.58 bits per heavy atom. The molecule has 43 heavy (non-hydrogen) atoms. The number of halogens is 3. The van der Waals surface area contributed by atoms with Crippen molar-refractivity contribution in [2.45, 2.75) is 6.92 Å². The molecule has 2 N–H and O–H groups in total. The van der Waals surface area contributed by atoms with Gasteiger partial charge in [0.25, 0.3) is 11.8 Å². The maximum atomic E-state index is 14.6. The predicted octanol–water partition coefficient (Wildman–Crippen LogP) is 3.42. The van der Waals surface area contributed by atoms with Crippen molar-refractivity contribution in [1.82, 2.24) is 24.7 Å². The number of carbonyl (C=O) groups is 3. The van der Waals surface area contributed by atoms with Crippen molar-refractivity contribution in [1.29, 1.82) is 0 Å². The second kappa shape index (κ2) is 10.9. The third kappa shape index (κ3) is 5.02. The van der Waals surface area contributed by atoms with Crippen molar-refractivity contribution >= 4 is 35.0 Å². The van der Waals surface area contributed by atoms with E-state index in [0.717, 1.165) is 26.2 Å². The number of ether oxygens (including phenoxy) is 1. The summed E-state index contributed by atoms with van der Waals surface area (Å²) in [7, 11) is 2.74. The monoisotopic (exact) mass is 612 g/mol. The summed E-state index contributed by atoms with van der Waals surface area (Å²) in [5.41, 5.74) is 0.802. The summed E-state index contributed by atoms with van der Waals surface area (Å²) in [6, 6.07) is 7.15. The normalized spacial score (nSPS) is 21.5. The second-order valence-electron chi connectivity index (χ2n) is 11.7. The largest absolute Gasteiger partial charge is 0.494 e. The van der Waals surface area contributed by atoms with Gasteiger partial charge in [0.1, 0.15) is 0 Å². The van der Waals surface area contributed by atoms with Gasteiger partial charge in [0.05, 0.1) is 35.5 Å². The van der Waals surface area contributed by atoms with Gasteiger partial charge in [-0.1, -0.05) is 18.5 Å². The molecule has 3 fully saturated rings. The number of fused-ring (bicyclic) bond motifs is 1. The Labute approximate surface area is 251 Å². The molecule has 3 aliphatic rings. The number of benzene rings is 2. The lowest BCUT2D eigenvalue weighted by Gasteiger charge is -2.40. The number of hydrogen-bond acceptors (Lipinski definition) is 6. The number of methoxy groups -OCH3 is 1. The first-order valence-corrected chi connectivity index (χ1v) is 14.3. The van der Waals surface area contributed by atoms with Crippen molar-refractivity contribution in [2.24, 2.45) is 24.3 Å². The summed E-state index contributed by atoms with van der Waals surface area (Å²) in [6.07, 6.45) is 1.27. The van der Waals surface area contributed by atoms with E-state index in [1.165, 1.54) is 49.2 Å². The predicted molar refractivity (Wildman–Crippen MR) is 155 cm³/mol. The molecule has 0 unspecified atom stereocenters. The van der Waals surface area contributed by atoms with E-state index in [1.807, 2.05) is 4.90 Å². The highest BCUT2D eigenvalue weighted by Gasteiger charge is 2.49. The summed E-state index contributed by atoms with van der Waals surface area (Å²) in [5, 5.41) is 6.22. The third-order valence-electron chi connectivity index (χ3n) is 8.92. The molecule has 226 valence electrons. The van der Waals surface area contributed by atoms with Crippen LogP contribution in [0.2, 0.25) is 5.02 Å². The van der Waals surface area contributed by atoms with Crippen LogP contribution in [0.4, 0.5) is 14.5 Å². The fourth-order valence-electron chi connectivity index (χ4n) is 6.27. The van der Waals surface area contributed by atoms with Gasteiger partial charge in [0.2, 0.25) is 11.7 Å². The number of amides is 3. The minimum Gasteiger partial charge on any atom is -0.494 e. The Hall–Kier alpha value is -4.03. The smallest absolute Gasteiger partial charge is 0.291 e. The van der Waals surface area contributed by atoms with Crippen molar-refractivity contribution in [3.8, 4) is 17.0 Å². The first kappa shape index (κ1) is 29.1. The van der Waals surface area contributed by atoms with Gasteiger partial charge in [-0.15, -0.1) is 0 Å². The average Bonchev–Trinajstić information content (AvgIpc) is 3.60. The van der Waals surface area contributed by atoms with Gasteiger partial charge in [0.15, 0.2) is 17.4 Å². The maximum absolute atomic E-state index is 14.6. The van der Waals surface area contributed by atoms with E-state index in [9.17, 15) is 23.2 Å². The van der Waals surface area contributed by atoms with Gasteiger partial charge < -0.3 is 29.7 Å². The van der Waals surface area contributed by atoms with Gasteiger partial charge in [-0.05, 0) is 36.2 Å². The summed E-state index contributed by atoms with van der Waals surface area (Å²) >= 11 is 6.44. The molecular weight excluding hydrogens is 582 g/mol. The minimum absolute atomic E-state index is 0.0509. The Balaban J connectivity index is 1.08. The molecule has 0 radical (unpaired) electrons. The zero-order valence-electron chi connectivity index (χ0n) is 23.9. The third-order valence-corrected chi connectivity index (χ3v) is 9.23. The van der Waals surface area contributed by atoms with E-state index < -0.39 is 17.5 Å². The Morgan fingerprint density at radius 2 is 1.88 bits per heavy atom. The highest BCUT2D eigenvalue weighted by Crippen LogP contribution is 2.39. The second-order valence-corrected chi connectivity index (χ2v) is 12.1. The molecule has 3 aromatic rings. The Kier molecular flexibility index (Phi) is 7.37. The molecule has 0 spiro atoms. The zero-order chi connectivity index (χ0) is 30.6. The fourth-order valence-corrected chi connectivity index (χ4v) is 6.53. The lowest BCUT2D eigenvalue weighted by atomic mass is 9.83. The van der Waals surface area contributed by atoms with Crippen LogP contribution in [-0.4, -0.2) is 83.5 Å². The molecule has 1 aromatic heterocycles. The van der Waals surface area contributed by atoms with E-state index in [1.54, 1.807) is 11.0 Å². The molecule has 2 atom stereocenters. The molecule has 0 saturated carbocycles. The molecule has 6 rings (SSSR count). The van der Waals surface area contributed by atoms with Gasteiger partial charge in [-0.3, -0.25) is 14.4 Å². The van der Waals surface area contributed by atoms with Gasteiger partial charge >= 0.3 is 0 Å². The van der Waals surface area contributed by atoms with E-state index in [4.69, 9.17) is 16.3 Å². The first-order valence-electron chi connectivity index (χ1n) is 13.9. The standard InChI is InChI=1S/C30H31ClF2N6O4/c1-30-14-34-9-17(30)13-39(15-30)28(41)16-11-38(12-16)29(42)19-5-4-18(8-21(19)31)36-27(40)26-35-10-22(37(26)2)20-6-7-23(43-3)25(33)24(20)32/h4-8,10,16-17,34H,9,11-15H2,1-3H3,(H,36,40)/t17-,30+/m1/s1. The number of aromatic nitrogens is 2.